The van der Waals surface area contributed by atoms with E-state index in [4.69, 9.17) is 0 Å². The molecule has 0 saturated heterocycles. The van der Waals surface area contributed by atoms with E-state index in [1.165, 1.54) is 19.0 Å². The molecule has 0 bridgehead atoms. The van der Waals surface area contributed by atoms with Crippen LogP contribution in [-0.4, -0.2) is 31.5 Å². The molecule has 0 spiro atoms. The van der Waals surface area contributed by atoms with E-state index in [9.17, 15) is 18.0 Å². The third kappa shape index (κ3) is 9.05. The van der Waals surface area contributed by atoms with Crippen molar-refractivity contribution in [3.63, 3.8) is 0 Å². The average Bonchev–Trinajstić information content (AvgIpc) is 2.13. The van der Waals surface area contributed by atoms with Gasteiger partial charge in [-0.05, 0) is 12.2 Å². The van der Waals surface area contributed by atoms with E-state index in [0.717, 1.165) is 18.4 Å². The van der Waals surface area contributed by atoms with Crippen molar-refractivity contribution in [3.8, 4) is 0 Å². The van der Waals surface area contributed by atoms with Crippen LogP contribution < -0.4 is 0 Å². The zero-order chi connectivity index (χ0) is 12.5. The Bertz CT molecular complexity index is 229. The quantitative estimate of drug-likeness (QED) is 0.416. The fourth-order valence-corrected chi connectivity index (χ4v) is 0.632. The minimum Gasteiger partial charge on any atom is -0.383 e. The lowest BCUT2D eigenvalue weighted by molar-refractivity contribution is -0.104. The number of carbonyl (C=O) groups excluding carboxylic acids is 1. The summed E-state index contributed by atoms with van der Waals surface area (Å²) < 4.78 is 36.4. The second kappa shape index (κ2) is 8.08. The summed E-state index contributed by atoms with van der Waals surface area (Å²) in [4.78, 5) is 11.1. The van der Waals surface area contributed by atoms with Crippen LogP contribution in [0.1, 0.15) is 13.8 Å². The molecule has 0 aliphatic heterocycles. The Hall–Kier alpha value is -1.26. The molecule has 0 aliphatic rings. The van der Waals surface area contributed by atoms with Crippen LogP contribution >= 0.6 is 0 Å². The smallest absolute Gasteiger partial charge is 0.383 e. The van der Waals surface area contributed by atoms with Crippen molar-refractivity contribution >= 4 is 6.29 Å². The van der Waals surface area contributed by atoms with Gasteiger partial charge in [-0.1, -0.05) is 13.8 Å². The highest BCUT2D eigenvalue weighted by molar-refractivity contribution is 5.66. The molecule has 5 heteroatoms. The molecule has 0 fully saturated rings. The first kappa shape index (κ1) is 16.2. The van der Waals surface area contributed by atoms with E-state index in [0.29, 0.717) is 6.29 Å². The van der Waals surface area contributed by atoms with Crippen LogP contribution in [0.3, 0.4) is 0 Å². The molecular weight excluding hydrogens is 207 g/mol. The molecule has 0 rings (SSSR count). The molecule has 0 atom stereocenters. The van der Waals surface area contributed by atoms with Crippen molar-refractivity contribution in [3.05, 3.63) is 23.9 Å². The van der Waals surface area contributed by atoms with Crippen LogP contribution in [0.25, 0.3) is 0 Å². The van der Waals surface area contributed by atoms with E-state index in [2.05, 4.69) is 0 Å². The van der Waals surface area contributed by atoms with Crippen LogP contribution in [-0.2, 0) is 4.79 Å². The van der Waals surface area contributed by atoms with Gasteiger partial charge in [-0.15, -0.1) is 0 Å². The van der Waals surface area contributed by atoms with Crippen LogP contribution in [0.4, 0.5) is 13.2 Å². The summed E-state index contributed by atoms with van der Waals surface area (Å²) >= 11 is 0. The normalized spacial score (nSPS) is 12.1. The van der Waals surface area contributed by atoms with Gasteiger partial charge < -0.3 is 4.90 Å². The molecule has 0 amide bonds. The molecule has 0 aliphatic carbocycles. The number of halogens is 3. The molecule has 0 saturated carbocycles. The highest BCUT2D eigenvalue weighted by atomic mass is 19.4. The fourth-order valence-electron chi connectivity index (χ4n) is 0.632. The predicted octanol–water partition coefficient (Wildman–Crippen LogP) is 2.78. The molecule has 0 heterocycles. The van der Waals surface area contributed by atoms with E-state index in [1.54, 1.807) is 0 Å². The Morgan fingerprint density at radius 2 is 1.67 bits per heavy atom. The number of carbonyl (C=O) groups is 1. The highest BCUT2D eigenvalue weighted by Gasteiger charge is 2.31. The van der Waals surface area contributed by atoms with Gasteiger partial charge in [-0.25, -0.2) is 0 Å². The molecule has 0 aromatic rings. The van der Waals surface area contributed by atoms with Crippen molar-refractivity contribution in [1.82, 2.24) is 4.90 Å². The molecule has 0 radical (unpaired) electrons. The zero-order valence-electron chi connectivity index (χ0n) is 9.30. The Morgan fingerprint density at radius 1 is 1.20 bits per heavy atom. The number of hydrogen-bond acceptors (Lipinski definition) is 2. The first-order valence-electron chi connectivity index (χ1n) is 4.45. The van der Waals surface area contributed by atoms with Crippen LogP contribution in [0.15, 0.2) is 23.9 Å². The monoisotopic (exact) mass is 223 g/mol. The molecule has 0 unspecified atom stereocenters. The molecule has 15 heavy (non-hydrogen) atoms. The van der Waals surface area contributed by atoms with E-state index in [-0.39, 0.29) is 0 Å². The zero-order valence-corrected chi connectivity index (χ0v) is 9.30. The van der Waals surface area contributed by atoms with E-state index >= 15 is 0 Å². The van der Waals surface area contributed by atoms with Gasteiger partial charge >= 0.3 is 6.18 Å². The number of allylic oxidation sites excluding steroid dienone is 3. The van der Waals surface area contributed by atoms with Crippen LogP contribution in [0.5, 0.6) is 0 Å². The maximum Gasteiger partial charge on any atom is 0.417 e. The lowest BCUT2D eigenvalue weighted by Crippen LogP contribution is -2.14. The Labute approximate surface area is 88.1 Å². The number of alkyl halides is 3. The van der Waals surface area contributed by atoms with Crippen molar-refractivity contribution in [1.29, 1.82) is 0 Å². The third-order valence-corrected chi connectivity index (χ3v) is 1.08. The maximum absolute atomic E-state index is 12.1. The fraction of sp³-hybridized carbons (Fsp3) is 0.500. The summed E-state index contributed by atoms with van der Waals surface area (Å²) in [6, 6.07) is 0. The largest absolute Gasteiger partial charge is 0.417 e. The Morgan fingerprint density at radius 3 is 1.93 bits per heavy atom. The van der Waals surface area contributed by atoms with Gasteiger partial charge in [-0.3, -0.25) is 4.79 Å². The topological polar surface area (TPSA) is 20.3 Å². The lowest BCUT2D eigenvalue weighted by Gasteiger charge is -2.11. The molecule has 2 nitrogen and oxygen atoms in total. The summed E-state index contributed by atoms with van der Waals surface area (Å²) in [7, 11) is 2.95. The SMILES string of the molecule is CC.CN(C)/C=C(\C=C/C=O)C(F)(F)F. The van der Waals surface area contributed by atoms with Crippen LogP contribution in [0.2, 0.25) is 0 Å². The van der Waals surface area contributed by atoms with Crippen LogP contribution in [0, 0.1) is 0 Å². The number of nitrogens with zero attached hydrogens (tertiary/aromatic N) is 1. The predicted molar refractivity (Wildman–Crippen MR) is 54.4 cm³/mol. The molecule has 88 valence electrons. The van der Waals surface area contributed by atoms with E-state index in [1.807, 2.05) is 13.8 Å². The first-order valence-corrected chi connectivity index (χ1v) is 4.45. The third-order valence-electron chi connectivity index (χ3n) is 1.08. The first-order chi connectivity index (χ1) is 6.88. The Kier molecular flexibility index (Phi) is 8.72. The van der Waals surface area contributed by atoms with Gasteiger partial charge in [0, 0.05) is 20.3 Å². The van der Waals surface area contributed by atoms with Gasteiger partial charge in [0.2, 0.25) is 0 Å². The van der Waals surface area contributed by atoms with Crippen molar-refractivity contribution < 1.29 is 18.0 Å². The molecule has 0 aromatic carbocycles. The Balaban J connectivity index is 0. The second-order valence-electron chi connectivity index (χ2n) is 2.54. The molecule has 0 aromatic heterocycles. The maximum atomic E-state index is 12.1. The minimum atomic E-state index is -4.43. The van der Waals surface area contributed by atoms with Crippen molar-refractivity contribution in [2.24, 2.45) is 0 Å². The summed E-state index contributed by atoms with van der Waals surface area (Å²) in [5, 5.41) is 0. The summed E-state index contributed by atoms with van der Waals surface area (Å²) in [5.74, 6) is 0. The summed E-state index contributed by atoms with van der Waals surface area (Å²) in [6.07, 6.45) is -1.69. The summed E-state index contributed by atoms with van der Waals surface area (Å²) in [6.45, 7) is 4.00. The van der Waals surface area contributed by atoms with Gasteiger partial charge in [0.1, 0.15) is 6.29 Å². The number of aldehydes is 1. The number of rotatable bonds is 3. The molecular formula is C10H16F3NO. The van der Waals surface area contributed by atoms with Gasteiger partial charge in [0.15, 0.2) is 0 Å². The standard InChI is InChI=1S/C8H10F3NO.C2H6/c1-12(2)6-7(4-3-5-13)8(9,10)11;1-2/h3-6H,1-2H3;1-2H3/b4-3-,7-6+;. The van der Waals surface area contributed by atoms with Crippen molar-refractivity contribution in [2.75, 3.05) is 14.1 Å². The molecule has 0 N–H and O–H groups in total. The number of hydrogen-bond donors (Lipinski definition) is 0. The van der Waals surface area contributed by atoms with Gasteiger partial charge in [0.05, 0.1) is 5.57 Å². The van der Waals surface area contributed by atoms with E-state index < -0.39 is 11.7 Å². The lowest BCUT2D eigenvalue weighted by atomic mass is 10.2. The van der Waals surface area contributed by atoms with Gasteiger partial charge in [-0.2, -0.15) is 13.2 Å². The second-order valence-corrected chi connectivity index (χ2v) is 2.54. The minimum absolute atomic E-state index is 0.301. The summed E-state index contributed by atoms with van der Waals surface area (Å²) in [5.41, 5.74) is -0.857. The van der Waals surface area contributed by atoms with Gasteiger partial charge in [0.25, 0.3) is 0 Å². The average molecular weight is 223 g/mol. The van der Waals surface area contributed by atoms with Crippen molar-refractivity contribution in [2.45, 2.75) is 20.0 Å². The highest BCUT2D eigenvalue weighted by Crippen LogP contribution is 2.26.